The number of nitrogens with zero attached hydrogens (tertiary/aromatic N) is 1. The van der Waals surface area contributed by atoms with Crippen molar-refractivity contribution in [3.63, 3.8) is 0 Å². The molecule has 0 bridgehead atoms. The van der Waals surface area contributed by atoms with Gasteiger partial charge in [-0.3, -0.25) is 0 Å². The Morgan fingerprint density at radius 2 is 1.94 bits per heavy atom. The predicted molar refractivity (Wildman–Crippen MR) is 83.3 cm³/mol. The summed E-state index contributed by atoms with van der Waals surface area (Å²) in [7, 11) is 4.09. The molecule has 0 aliphatic rings. The van der Waals surface area contributed by atoms with E-state index < -0.39 is 0 Å². The van der Waals surface area contributed by atoms with Gasteiger partial charge in [-0.2, -0.15) is 0 Å². The Bertz CT molecular complexity index is 493. The van der Waals surface area contributed by atoms with Crippen molar-refractivity contribution in [3.8, 4) is 0 Å². The van der Waals surface area contributed by atoms with Crippen molar-refractivity contribution >= 4 is 33.0 Å². The van der Waals surface area contributed by atoms with Gasteiger partial charge in [0.1, 0.15) is 0 Å². The molecule has 0 spiro atoms. The van der Waals surface area contributed by atoms with Crippen LogP contribution in [0.15, 0.2) is 39.5 Å². The van der Waals surface area contributed by atoms with Gasteiger partial charge in [-0.1, -0.05) is 12.1 Å². The molecule has 1 aromatic heterocycles. The van der Waals surface area contributed by atoms with Crippen molar-refractivity contribution in [2.45, 2.75) is 13.1 Å². The number of nitrogens with one attached hydrogen (secondary N) is 1. The molecule has 18 heavy (non-hydrogen) atoms. The fourth-order valence-electron chi connectivity index (χ4n) is 1.87. The Balaban J connectivity index is 2.02. The lowest BCUT2D eigenvalue weighted by molar-refractivity contribution is 0.817. The Morgan fingerprint density at radius 3 is 2.50 bits per heavy atom. The van der Waals surface area contributed by atoms with Gasteiger partial charge in [0.25, 0.3) is 0 Å². The summed E-state index contributed by atoms with van der Waals surface area (Å²) in [5.41, 5.74) is 3.90. The summed E-state index contributed by atoms with van der Waals surface area (Å²) < 4.78 is 1.19. The van der Waals surface area contributed by atoms with Crippen LogP contribution < -0.4 is 10.2 Å². The Kier molecular flexibility index (Phi) is 4.80. The molecule has 0 atom stereocenters. The minimum atomic E-state index is 0.918. The monoisotopic (exact) mass is 324 g/mol. The largest absolute Gasteiger partial charge is 0.370 e. The topological polar surface area (TPSA) is 15.3 Å². The highest BCUT2D eigenvalue weighted by Crippen LogP contribution is 2.23. The van der Waals surface area contributed by atoms with E-state index in [-0.39, 0.29) is 0 Å². The number of halogens is 1. The van der Waals surface area contributed by atoms with Crippen LogP contribution in [-0.2, 0) is 13.1 Å². The molecule has 0 saturated heterocycles. The Hall–Kier alpha value is -0.840. The van der Waals surface area contributed by atoms with Crippen LogP contribution in [0.5, 0.6) is 0 Å². The third-order valence-corrected chi connectivity index (χ3v) is 4.35. The van der Waals surface area contributed by atoms with E-state index in [1.807, 2.05) is 7.05 Å². The van der Waals surface area contributed by atoms with Gasteiger partial charge >= 0.3 is 0 Å². The van der Waals surface area contributed by atoms with Crippen LogP contribution in [0.1, 0.15) is 11.1 Å². The lowest BCUT2D eigenvalue weighted by atomic mass is 10.2. The fraction of sp³-hybridized carbons (Fsp3) is 0.286. The molecule has 4 heteroatoms. The number of benzene rings is 1. The van der Waals surface area contributed by atoms with Crippen molar-refractivity contribution in [1.82, 2.24) is 5.32 Å². The van der Waals surface area contributed by atoms with Gasteiger partial charge in [0, 0.05) is 25.8 Å². The summed E-state index contributed by atoms with van der Waals surface area (Å²) in [5, 5.41) is 5.35. The van der Waals surface area contributed by atoms with Crippen molar-refractivity contribution < 1.29 is 0 Å². The third-order valence-electron chi connectivity index (χ3n) is 2.80. The first-order chi connectivity index (χ1) is 8.69. The SMILES string of the molecule is CNCc1ccc(N(C)Cc2csc(Br)c2)cc1. The van der Waals surface area contributed by atoms with Gasteiger partial charge in [-0.05, 0) is 57.7 Å². The van der Waals surface area contributed by atoms with E-state index in [1.165, 1.54) is 20.6 Å². The normalized spacial score (nSPS) is 10.6. The molecule has 2 aromatic rings. The molecule has 0 aliphatic heterocycles. The van der Waals surface area contributed by atoms with E-state index in [1.54, 1.807) is 11.3 Å². The van der Waals surface area contributed by atoms with E-state index in [9.17, 15) is 0 Å². The summed E-state index contributed by atoms with van der Waals surface area (Å²) in [6, 6.07) is 10.9. The standard InChI is InChI=1S/C14H17BrN2S/c1-16-8-11-3-5-13(6-4-11)17(2)9-12-7-14(15)18-10-12/h3-7,10,16H,8-9H2,1-2H3. The van der Waals surface area contributed by atoms with Crippen LogP contribution in [0.3, 0.4) is 0 Å². The van der Waals surface area contributed by atoms with Crippen LogP contribution in [0.4, 0.5) is 5.69 Å². The second-order valence-electron chi connectivity index (χ2n) is 4.31. The Morgan fingerprint density at radius 1 is 1.22 bits per heavy atom. The van der Waals surface area contributed by atoms with Crippen molar-refractivity contribution in [2.75, 3.05) is 19.0 Å². The zero-order valence-electron chi connectivity index (χ0n) is 10.6. The molecule has 1 N–H and O–H groups in total. The predicted octanol–water partition coefficient (Wildman–Crippen LogP) is 3.87. The van der Waals surface area contributed by atoms with Gasteiger partial charge in [0.15, 0.2) is 0 Å². The maximum atomic E-state index is 3.50. The van der Waals surface area contributed by atoms with Gasteiger partial charge in [0.05, 0.1) is 3.79 Å². The quantitative estimate of drug-likeness (QED) is 0.898. The van der Waals surface area contributed by atoms with E-state index in [0.717, 1.165) is 13.1 Å². The molecule has 1 heterocycles. The summed E-state index contributed by atoms with van der Waals surface area (Å²) >= 11 is 5.23. The number of hydrogen-bond acceptors (Lipinski definition) is 3. The second-order valence-corrected chi connectivity index (χ2v) is 6.60. The van der Waals surface area contributed by atoms with Gasteiger partial charge < -0.3 is 10.2 Å². The number of hydrogen-bond donors (Lipinski definition) is 1. The first-order valence-corrected chi connectivity index (χ1v) is 7.54. The lowest BCUT2D eigenvalue weighted by Crippen LogP contribution is -2.16. The van der Waals surface area contributed by atoms with Crippen LogP contribution >= 0.6 is 27.3 Å². The van der Waals surface area contributed by atoms with Crippen molar-refractivity contribution in [2.24, 2.45) is 0 Å². The molecule has 1 aromatic carbocycles. The highest BCUT2D eigenvalue weighted by molar-refractivity contribution is 9.11. The van der Waals surface area contributed by atoms with Crippen LogP contribution in [0.2, 0.25) is 0 Å². The molecule has 0 fully saturated rings. The lowest BCUT2D eigenvalue weighted by Gasteiger charge is -2.19. The fourth-order valence-corrected chi connectivity index (χ4v) is 3.07. The minimum Gasteiger partial charge on any atom is -0.370 e. The van der Waals surface area contributed by atoms with Gasteiger partial charge in [0.2, 0.25) is 0 Å². The molecule has 96 valence electrons. The zero-order chi connectivity index (χ0) is 13.0. The number of rotatable bonds is 5. The molecule has 0 unspecified atom stereocenters. The Labute approximate surface area is 121 Å². The minimum absolute atomic E-state index is 0.918. The molecular formula is C14H17BrN2S. The molecule has 2 rings (SSSR count). The number of anilines is 1. The first kappa shape index (κ1) is 13.6. The van der Waals surface area contributed by atoms with Crippen molar-refractivity contribution in [3.05, 3.63) is 50.6 Å². The molecular weight excluding hydrogens is 308 g/mol. The molecule has 0 radical (unpaired) electrons. The average Bonchev–Trinajstić information content (AvgIpc) is 2.76. The maximum Gasteiger partial charge on any atom is 0.0701 e. The first-order valence-electron chi connectivity index (χ1n) is 5.86. The molecule has 0 saturated carbocycles. The highest BCUT2D eigenvalue weighted by Gasteiger charge is 2.04. The second kappa shape index (κ2) is 6.36. The highest BCUT2D eigenvalue weighted by atomic mass is 79.9. The third kappa shape index (κ3) is 3.57. The average molecular weight is 325 g/mol. The zero-order valence-corrected chi connectivity index (χ0v) is 13.0. The molecule has 2 nitrogen and oxygen atoms in total. The van der Waals surface area contributed by atoms with E-state index in [4.69, 9.17) is 0 Å². The molecule has 0 amide bonds. The van der Waals surface area contributed by atoms with Gasteiger partial charge in [-0.25, -0.2) is 0 Å². The summed E-state index contributed by atoms with van der Waals surface area (Å²) in [4.78, 5) is 2.26. The van der Waals surface area contributed by atoms with Crippen LogP contribution in [-0.4, -0.2) is 14.1 Å². The summed E-state index contributed by atoms with van der Waals surface area (Å²) in [6.45, 7) is 1.86. The van der Waals surface area contributed by atoms with Crippen LogP contribution in [0, 0.1) is 0 Å². The maximum absolute atomic E-state index is 3.50. The summed E-state index contributed by atoms with van der Waals surface area (Å²) in [6.07, 6.45) is 0. The number of thiophene rings is 1. The van der Waals surface area contributed by atoms with E-state index in [2.05, 4.69) is 68.9 Å². The van der Waals surface area contributed by atoms with E-state index in [0.29, 0.717) is 0 Å². The van der Waals surface area contributed by atoms with Gasteiger partial charge in [-0.15, -0.1) is 11.3 Å². The molecule has 0 aliphatic carbocycles. The van der Waals surface area contributed by atoms with Crippen LogP contribution in [0.25, 0.3) is 0 Å². The summed E-state index contributed by atoms with van der Waals surface area (Å²) in [5.74, 6) is 0. The van der Waals surface area contributed by atoms with E-state index >= 15 is 0 Å². The smallest absolute Gasteiger partial charge is 0.0701 e. The van der Waals surface area contributed by atoms with Crippen molar-refractivity contribution in [1.29, 1.82) is 0 Å².